The molecule has 0 bridgehead atoms. The Labute approximate surface area is 182 Å². The summed E-state index contributed by atoms with van der Waals surface area (Å²) in [5.41, 5.74) is 3.44. The number of hydrogen-bond donors (Lipinski definition) is 1. The van der Waals surface area contributed by atoms with Crippen molar-refractivity contribution in [2.45, 2.75) is 19.3 Å². The number of aromatic nitrogens is 1. The van der Waals surface area contributed by atoms with Crippen LogP contribution in [0.25, 0.3) is 10.9 Å². The van der Waals surface area contributed by atoms with E-state index < -0.39 is 0 Å². The molecule has 0 radical (unpaired) electrons. The Morgan fingerprint density at radius 2 is 1.77 bits per heavy atom. The van der Waals surface area contributed by atoms with Crippen molar-refractivity contribution in [3.05, 3.63) is 54.0 Å². The summed E-state index contributed by atoms with van der Waals surface area (Å²) in [7, 11) is 0. The van der Waals surface area contributed by atoms with E-state index in [0.717, 1.165) is 74.4 Å². The number of piperazine rings is 1. The van der Waals surface area contributed by atoms with Gasteiger partial charge in [-0.25, -0.2) is 4.39 Å². The average Bonchev–Trinajstić information content (AvgIpc) is 3.38. The number of anilines is 1. The first-order chi connectivity index (χ1) is 14.3. The van der Waals surface area contributed by atoms with Gasteiger partial charge in [0, 0.05) is 55.0 Å². The fourth-order valence-electron chi connectivity index (χ4n) is 4.32. The molecule has 3 heterocycles. The lowest BCUT2D eigenvalue weighted by Crippen LogP contribution is -2.46. The number of rotatable bonds is 6. The van der Waals surface area contributed by atoms with Crippen LogP contribution in [0.1, 0.15) is 18.4 Å². The Morgan fingerprint density at radius 1 is 0.933 bits per heavy atom. The van der Waals surface area contributed by atoms with Gasteiger partial charge in [0.05, 0.1) is 0 Å². The Bertz CT molecular complexity index is 1000. The largest absolute Gasteiger partial charge is 0.454 e. The van der Waals surface area contributed by atoms with E-state index >= 15 is 0 Å². The van der Waals surface area contributed by atoms with Crippen LogP contribution < -0.4 is 14.4 Å². The highest BCUT2D eigenvalue weighted by Crippen LogP contribution is 2.35. The predicted molar refractivity (Wildman–Crippen MR) is 120 cm³/mol. The number of aromatic amines is 1. The second kappa shape index (κ2) is 9.14. The summed E-state index contributed by atoms with van der Waals surface area (Å²) in [4.78, 5) is 8.20. The zero-order valence-electron chi connectivity index (χ0n) is 16.9. The first kappa shape index (κ1) is 20.8. The summed E-state index contributed by atoms with van der Waals surface area (Å²) < 4.78 is 24.4. The van der Waals surface area contributed by atoms with E-state index in [1.165, 1.54) is 17.3 Å². The molecule has 1 aromatic heterocycles. The topological polar surface area (TPSA) is 40.7 Å². The van der Waals surface area contributed by atoms with Gasteiger partial charge in [-0.15, -0.1) is 12.4 Å². The standard InChI is InChI=1S/C23H26FN3O2.ClH/c24-18-4-6-21-20(13-18)17(15-25-21)3-1-2-8-26-9-11-27(12-10-26)19-5-7-22-23(14-19)29-16-28-22;/h4-7,13-15,25H,1-3,8-12,16H2;1H. The lowest BCUT2D eigenvalue weighted by atomic mass is 10.1. The molecule has 7 heteroatoms. The van der Waals surface area contributed by atoms with Gasteiger partial charge in [0.25, 0.3) is 0 Å². The number of ether oxygens (including phenoxy) is 2. The summed E-state index contributed by atoms with van der Waals surface area (Å²) in [6, 6.07) is 11.2. The molecule has 1 saturated heterocycles. The van der Waals surface area contributed by atoms with E-state index in [9.17, 15) is 4.39 Å². The number of H-pyrrole nitrogens is 1. The fraction of sp³-hybridized carbons (Fsp3) is 0.391. The monoisotopic (exact) mass is 431 g/mol. The molecular weight excluding hydrogens is 405 g/mol. The van der Waals surface area contributed by atoms with Gasteiger partial charge in [0.2, 0.25) is 6.79 Å². The van der Waals surface area contributed by atoms with Crippen LogP contribution in [0.15, 0.2) is 42.6 Å². The zero-order valence-corrected chi connectivity index (χ0v) is 17.7. The molecule has 160 valence electrons. The number of unbranched alkanes of at least 4 members (excludes halogenated alkanes) is 1. The van der Waals surface area contributed by atoms with Crippen LogP contribution in [0.2, 0.25) is 0 Å². The van der Waals surface area contributed by atoms with Crippen LogP contribution >= 0.6 is 12.4 Å². The number of aryl methyl sites for hydroxylation is 1. The van der Waals surface area contributed by atoms with E-state index in [1.807, 2.05) is 18.3 Å². The number of hydrogen-bond acceptors (Lipinski definition) is 4. The number of fused-ring (bicyclic) bond motifs is 2. The van der Waals surface area contributed by atoms with Gasteiger partial charge in [-0.3, -0.25) is 4.90 Å². The minimum atomic E-state index is -0.168. The lowest BCUT2D eigenvalue weighted by molar-refractivity contribution is 0.174. The minimum Gasteiger partial charge on any atom is -0.454 e. The van der Waals surface area contributed by atoms with Crippen molar-refractivity contribution in [2.24, 2.45) is 0 Å². The molecule has 0 spiro atoms. The van der Waals surface area contributed by atoms with Crippen molar-refractivity contribution in [1.82, 2.24) is 9.88 Å². The highest BCUT2D eigenvalue weighted by Gasteiger charge is 2.20. The van der Waals surface area contributed by atoms with Crippen LogP contribution in [0.3, 0.4) is 0 Å². The molecule has 0 amide bonds. The molecule has 30 heavy (non-hydrogen) atoms. The van der Waals surface area contributed by atoms with Crippen LogP contribution in [-0.4, -0.2) is 49.4 Å². The van der Waals surface area contributed by atoms with Crippen LogP contribution in [-0.2, 0) is 6.42 Å². The van der Waals surface area contributed by atoms with Crippen molar-refractivity contribution in [1.29, 1.82) is 0 Å². The molecule has 0 aliphatic carbocycles. The van der Waals surface area contributed by atoms with Gasteiger partial charge in [-0.2, -0.15) is 0 Å². The Morgan fingerprint density at radius 3 is 2.63 bits per heavy atom. The van der Waals surface area contributed by atoms with E-state index in [2.05, 4.69) is 26.9 Å². The maximum atomic E-state index is 13.5. The van der Waals surface area contributed by atoms with E-state index in [-0.39, 0.29) is 18.2 Å². The fourth-order valence-corrected chi connectivity index (χ4v) is 4.32. The summed E-state index contributed by atoms with van der Waals surface area (Å²) in [6.45, 7) is 5.65. The number of halogens is 2. The van der Waals surface area contributed by atoms with Crippen LogP contribution in [0, 0.1) is 5.82 Å². The first-order valence-electron chi connectivity index (χ1n) is 10.4. The summed E-state index contributed by atoms with van der Waals surface area (Å²) in [5, 5.41) is 1.02. The van der Waals surface area contributed by atoms with Gasteiger partial charge in [0.15, 0.2) is 11.5 Å². The van der Waals surface area contributed by atoms with Gasteiger partial charge >= 0.3 is 0 Å². The molecule has 0 saturated carbocycles. The molecule has 3 aromatic rings. The minimum absolute atomic E-state index is 0. The third-order valence-corrected chi connectivity index (χ3v) is 5.99. The predicted octanol–water partition coefficient (Wildman–Crippen LogP) is 4.60. The van der Waals surface area contributed by atoms with Gasteiger partial charge < -0.3 is 19.4 Å². The van der Waals surface area contributed by atoms with Crippen molar-refractivity contribution in [2.75, 3.05) is 44.4 Å². The maximum Gasteiger partial charge on any atom is 0.231 e. The van der Waals surface area contributed by atoms with E-state index in [4.69, 9.17) is 9.47 Å². The maximum absolute atomic E-state index is 13.5. The van der Waals surface area contributed by atoms with Crippen LogP contribution in [0.5, 0.6) is 11.5 Å². The highest BCUT2D eigenvalue weighted by molar-refractivity contribution is 5.85. The summed E-state index contributed by atoms with van der Waals surface area (Å²) >= 11 is 0. The summed E-state index contributed by atoms with van der Waals surface area (Å²) in [5.74, 6) is 1.52. The van der Waals surface area contributed by atoms with E-state index in [1.54, 1.807) is 6.07 Å². The quantitative estimate of drug-likeness (QED) is 0.579. The second-order valence-electron chi connectivity index (χ2n) is 7.83. The highest BCUT2D eigenvalue weighted by atomic mass is 35.5. The number of benzene rings is 2. The molecule has 5 rings (SSSR count). The normalized spacial score (nSPS) is 16.1. The summed E-state index contributed by atoms with van der Waals surface area (Å²) in [6.07, 6.45) is 5.28. The molecule has 1 N–H and O–H groups in total. The molecule has 5 nitrogen and oxygen atoms in total. The number of nitrogens with zero attached hydrogens (tertiary/aromatic N) is 2. The first-order valence-corrected chi connectivity index (χ1v) is 10.4. The molecule has 0 unspecified atom stereocenters. The molecule has 2 aromatic carbocycles. The van der Waals surface area contributed by atoms with Crippen molar-refractivity contribution in [3.63, 3.8) is 0 Å². The Hall–Kier alpha value is -2.44. The molecule has 2 aliphatic heterocycles. The average molecular weight is 432 g/mol. The van der Waals surface area contributed by atoms with Crippen molar-refractivity contribution in [3.8, 4) is 11.5 Å². The second-order valence-corrected chi connectivity index (χ2v) is 7.83. The lowest BCUT2D eigenvalue weighted by Gasteiger charge is -2.36. The van der Waals surface area contributed by atoms with Gasteiger partial charge in [-0.1, -0.05) is 0 Å². The van der Waals surface area contributed by atoms with Crippen LogP contribution in [0.4, 0.5) is 10.1 Å². The third-order valence-electron chi connectivity index (χ3n) is 5.99. The Kier molecular flexibility index (Phi) is 6.35. The molecule has 1 fully saturated rings. The van der Waals surface area contributed by atoms with E-state index in [0.29, 0.717) is 6.79 Å². The third kappa shape index (κ3) is 4.35. The zero-order chi connectivity index (χ0) is 19.6. The molecule has 0 atom stereocenters. The molecular formula is C23H27ClFN3O2. The number of nitrogens with one attached hydrogen (secondary N) is 1. The smallest absolute Gasteiger partial charge is 0.231 e. The van der Waals surface area contributed by atoms with Gasteiger partial charge in [-0.05, 0) is 61.7 Å². The van der Waals surface area contributed by atoms with Crippen molar-refractivity contribution < 1.29 is 13.9 Å². The SMILES string of the molecule is Cl.Fc1ccc2[nH]cc(CCCCN3CCN(c4ccc5c(c4)OCO5)CC3)c2c1. The van der Waals surface area contributed by atoms with Gasteiger partial charge in [0.1, 0.15) is 5.82 Å². The van der Waals surface area contributed by atoms with Crippen molar-refractivity contribution >= 4 is 29.0 Å². The molecule has 2 aliphatic rings. The Balaban J connectivity index is 0.00000218.